The van der Waals surface area contributed by atoms with Crippen molar-refractivity contribution in [2.24, 2.45) is 5.16 Å². The Labute approximate surface area is 287 Å². The molecule has 0 amide bonds. The second kappa shape index (κ2) is 15.3. The monoisotopic (exact) mass is 671 g/mol. The van der Waals surface area contributed by atoms with Crippen LogP contribution in [0.3, 0.4) is 0 Å². The van der Waals surface area contributed by atoms with Gasteiger partial charge in [0.1, 0.15) is 17.5 Å². The molecular formula is C39H33N3O6S. The van der Waals surface area contributed by atoms with Crippen LogP contribution in [0.4, 0.5) is 0 Å². The highest BCUT2D eigenvalue weighted by atomic mass is 32.1. The Morgan fingerprint density at radius 2 is 1.29 bits per heavy atom. The van der Waals surface area contributed by atoms with Crippen LogP contribution in [0.1, 0.15) is 63.9 Å². The first kappa shape index (κ1) is 32.9. The Balaban J connectivity index is 1.44. The number of hydrogen-bond donors (Lipinski definition) is 1. The van der Waals surface area contributed by atoms with Gasteiger partial charge in [-0.3, -0.25) is 4.79 Å². The summed E-state index contributed by atoms with van der Waals surface area (Å²) in [6.07, 6.45) is -0.617. The molecule has 2 aromatic heterocycles. The zero-order valence-corrected chi connectivity index (χ0v) is 27.6. The molecule has 0 bridgehead atoms. The maximum Gasteiger partial charge on any atom is 0.360 e. The number of nitrogens with zero attached hydrogens (tertiary/aromatic N) is 3. The number of carbonyl (C=O) groups is 1. The van der Waals surface area contributed by atoms with Crippen LogP contribution in [0.25, 0.3) is 0 Å². The zero-order valence-electron chi connectivity index (χ0n) is 26.7. The molecule has 0 unspecified atom stereocenters. The molecule has 2 heterocycles. The van der Waals surface area contributed by atoms with E-state index in [1.807, 2.05) is 121 Å². The number of aromatic nitrogens is 2. The van der Waals surface area contributed by atoms with Gasteiger partial charge in [0.2, 0.25) is 11.1 Å². The van der Waals surface area contributed by atoms with E-state index in [4.69, 9.17) is 14.4 Å². The fourth-order valence-electron chi connectivity index (χ4n) is 5.24. The molecule has 10 heteroatoms. The van der Waals surface area contributed by atoms with Crippen LogP contribution >= 0.6 is 11.3 Å². The van der Waals surface area contributed by atoms with Gasteiger partial charge in [-0.25, -0.2) is 9.78 Å². The molecule has 0 spiro atoms. The predicted octanol–water partition coefficient (Wildman–Crippen LogP) is 7.57. The third-order valence-corrected chi connectivity index (χ3v) is 8.44. The van der Waals surface area contributed by atoms with E-state index in [0.29, 0.717) is 5.01 Å². The smallest absolute Gasteiger partial charge is 0.360 e. The lowest BCUT2D eigenvalue weighted by atomic mass is 10.0. The minimum Gasteiger partial charge on any atom is -0.476 e. The summed E-state index contributed by atoms with van der Waals surface area (Å²) in [4.78, 5) is 42.6. The summed E-state index contributed by atoms with van der Waals surface area (Å²) in [7, 11) is 0. The lowest BCUT2D eigenvalue weighted by molar-refractivity contribution is -0.129. The van der Waals surface area contributed by atoms with Crippen molar-refractivity contribution in [1.82, 2.24) is 9.71 Å². The summed E-state index contributed by atoms with van der Waals surface area (Å²) in [5.74, 6) is -1.25. The SMILES string of the molecule is Cc1nc(/C(=N/O[C@H](C)c2cc(=O)c(OC(c3ccccc3)c3ccccc3)cn2OC(c2ccccc2)c2ccccc2)C(=O)O)cs1. The van der Waals surface area contributed by atoms with Crippen molar-refractivity contribution in [1.29, 1.82) is 0 Å². The highest BCUT2D eigenvalue weighted by Crippen LogP contribution is 2.30. The first-order valence-corrected chi connectivity index (χ1v) is 16.4. The van der Waals surface area contributed by atoms with E-state index in [1.165, 1.54) is 28.3 Å². The first-order chi connectivity index (χ1) is 23.9. The molecule has 9 nitrogen and oxygen atoms in total. The van der Waals surface area contributed by atoms with E-state index < -0.39 is 29.7 Å². The maximum atomic E-state index is 13.8. The molecular weight excluding hydrogens is 639 g/mol. The topological polar surface area (TPSA) is 112 Å². The third-order valence-electron chi connectivity index (χ3n) is 7.67. The number of oxime groups is 1. The van der Waals surface area contributed by atoms with E-state index in [0.717, 1.165) is 22.3 Å². The summed E-state index contributed by atoms with van der Waals surface area (Å²) in [5, 5.41) is 16.1. The standard InChI is InChI=1S/C39H33N3O6S/c1-26(47-41-36(39(44)45)32-25-49-27(2)40-32)33-23-34(43)35(46-37(28-15-7-3-8-16-28)29-17-9-4-10-18-29)24-42(33)48-38(30-19-11-5-12-20-30)31-21-13-6-14-22-31/h3-26,37-38H,1-2H3,(H,44,45)/b41-36-/t26-/m1/s1. The molecule has 6 rings (SSSR count). The van der Waals surface area contributed by atoms with Crippen LogP contribution in [0, 0.1) is 6.92 Å². The zero-order chi connectivity index (χ0) is 34.2. The quantitative estimate of drug-likeness (QED) is 0.0996. The summed E-state index contributed by atoms with van der Waals surface area (Å²) in [5.41, 5.74) is 3.15. The van der Waals surface area contributed by atoms with E-state index >= 15 is 0 Å². The molecule has 0 radical (unpaired) electrons. The number of hydrogen-bond acceptors (Lipinski definition) is 8. The number of aryl methyl sites for hydroxylation is 1. The molecule has 1 atom stereocenters. The minimum absolute atomic E-state index is 0.0428. The molecule has 246 valence electrons. The molecule has 6 aromatic rings. The number of aliphatic carboxylic acids is 1. The van der Waals surface area contributed by atoms with Crippen LogP contribution in [0.5, 0.6) is 5.75 Å². The van der Waals surface area contributed by atoms with Gasteiger partial charge in [-0.2, -0.15) is 4.73 Å². The number of pyridine rings is 1. The number of ether oxygens (including phenoxy) is 1. The molecule has 0 saturated heterocycles. The van der Waals surface area contributed by atoms with E-state index in [-0.39, 0.29) is 22.8 Å². The number of carboxylic acid groups (broad SMARTS) is 1. The van der Waals surface area contributed by atoms with Crippen LogP contribution in [-0.2, 0) is 9.63 Å². The second-order valence-electron chi connectivity index (χ2n) is 11.1. The fourth-order valence-corrected chi connectivity index (χ4v) is 5.84. The van der Waals surface area contributed by atoms with Crippen LogP contribution in [-0.4, -0.2) is 26.5 Å². The van der Waals surface area contributed by atoms with Crippen molar-refractivity contribution in [2.45, 2.75) is 32.2 Å². The van der Waals surface area contributed by atoms with Crippen LogP contribution < -0.4 is 15.0 Å². The van der Waals surface area contributed by atoms with Gasteiger partial charge in [-0.15, -0.1) is 11.3 Å². The Bertz CT molecular complexity index is 2010. The highest BCUT2D eigenvalue weighted by molar-refractivity contribution is 7.09. The van der Waals surface area contributed by atoms with Gasteiger partial charge >= 0.3 is 5.97 Å². The van der Waals surface area contributed by atoms with Gasteiger partial charge in [0, 0.05) is 11.4 Å². The Morgan fingerprint density at radius 3 is 1.73 bits per heavy atom. The molecule has 0 aliphatic heterocycles. The van der Waals surface area contributed by atoms with Gasteiger partial charge in [0.15, 0.2) is 18.0 Å². The average molecular weight is 672 g/mol. The normalized spacial score (nSPS) is 12.1. The summed E-state index contributed by atoms with van der Waals surface area (Å²) < 4.78 is 7.96. The highest BCUT2D eigenvalue weighted by Gasteiger charge is 2.25. The van der Waals surface area contributed by atoms with Crippen molar-refractivity contribution in [2.75, 3.05) is 0 Å². The second-order valence-corrected chi connectivity index (χ2v) is 12.2. The van der Waals surface area contributed by atoms with Crippen LogP contribution in [0.2, 0.25) is 0 Å². The number of benzene rings is 4. The molecule has 4 aromatic carbocycles. The summed E-state index contributed by atoms with van der Waals surface area (Å²) in [6, 6.07) is 40.0. The minimum atomic E-state index is -1.30. The van der Waals surface area contributed by atoms with E-state index in [1.54, 1.807) is 19.2 Å². The van der Waals surface area contributed by atoms with E-state index in [9.17, 15) is 14.7 Å². The van der Waals surface area contributed by atoms with Crippen LogP contribution in [0.15, 0.2) is 149 Å². The molecule has 0 fully saturated rings. The Morgan fingerprint density at radius 1 is 0.796 bits per heavy atom. The lowest BCUT2D eigenvalue weighted by Gasteiger charge is -2.26. The Hall–Kier alpha value is -6.00. The van der Waals surface area contributed by atoms with Gasteiger partial charge < -0.3 is 19.5 Å². The summed E-state index contributed by atoms with van der Waals surface area (Å²) >= 11 is 1.30. The molecule has 1 N–H and O–H groups in total. The Kier molecular flexibility index (Phi) is 10.3. The van der Waals surface area contributed by atoms with E-state index in [2.05, 4.69) is 10.1 Å². The van der Waals surface area contributed by atoms with Crippen molar-refractivity contribution in [3.8, 4) is 5.75 Å². The number of carboxylic acids is 1. The van der Waals surface area contributed by atoms with Gasteiger partial charge in [-0.05, 0) is 36.1 Å². The maximum absolute atomic E-state index is 13.8. The largest absolute Gasteiger partial charge is 0.476 e. The van der Waals surface area contributed by atoms with Crippen molar-refractivity contribution < 1.29 is 24.3 Å². The van der Waals surface area contributed by atoms with Gasteiger partial charge in [0.25, 0.3) is 0 Å². The molecule has 0 saturated carbocycles. The summed E-state index contributed by atoms with van der Waals surface area (Å²) in [6.45, 7) is 3.42. The van der Waals surface area contributed by atoms with Crippen molar-refractivity contribution in [3.05, 3.63) is 188 Å². The third kappa shape index (κ3) is 7.94. The van der Waals surface area contributed by atoms with Gasteiger partial charge in [0.05, 0.1) is 11.2 Å². The average Bonchev–Trinajstić information content (AvgIpc) is 3.57. The predicted molar refractivity (Wildman–Crippen MR) is 188 cm³/mol. The molecule has 0 aliphatic carbocycles. The van der Waals surface area contributed by atoms with Gasteiger partial charge in [-0.1, -0.05) is 126 Å². The molecule has 49 heavy (non-hydrogen) atoms. The number of thiazole rings is 1. The van der Waals surface area contributed by atoms with Crippen molar-refractivity contribution in [3.63, 3.8) is 0 Å². The molecule has 0 aliphatic rings. The van der Waals surface area contributed by atoms with Crippen molar-refractivity contribution >= 4 is 23.0 Å². The number of rotatable bonds is 13. The first-order valence-electron chi connectivity index (χ1n) is 15.6. The lowest BCUT2D eigenvalue weighted by Crippen LogP contribution is -2.27. The fraction of sp³-hybridized carbons (Fsp3) is 0.128.